The summed E-state index contributed by atoms with van der Waals surface area (Å²) in [5.74, 6) is 2.57. The molecule has 0 atom stereocenters. The van der Waals surface area contributed by atoms with Gasteiger partial charge in [0.25, 0.3) is 0 Å². The predicted octanol–water partition coefficient (Wildman–Crippen LogP) is 5.23. The molecule has 0 spiro atoms. The first-order chi connectivity index (χ1) is 13.3. The summed E-state index contributed by atoms with van der Waals surface area (Å²) in [6.45, 7) is 0. The second-order valence-corrected chi connectivity index (χ2v) is 6.35. The van der Waals surface area contributed by atoms with Crippen LogP contribution in [0.3, 0.4) is 0 Å². The van der Waals surface area contributed by atoms with Gasteiger partial charge in [-0.15, -0.1) is 0 Å². The van der Waals surface area contributed by atoms with E-state index in [1.165, 1.54) is 0 Å². The molecule has 27 heavy (non-hydrogen) atoms. The molecule has 0 radical (unpaired) electrons. The van der Waals surface area contributed by atoms with Crippen molar-refractivity contribution in [3.8, 4) is 28.5 Å². The molecule has 4 heteroatoms. The molecule has 0 aliphatic rings. The number of nitrogens with zero attached hydrogens (tertiary/aromatic N) is 3. The maximum absolute atomic E-state index is 5.29. The first kappa shape index (κ1) is 15.6. The van der Waals surface area contributed by atoms with E-state index in [2.05, 4.69) is 22.6 Å². The molecule has 4 nitrogen and oxygen atoms in total. The molecule has 3 aromatic carbocycles. The molecule has 0 saturated carbocycles. The average molecular weight is 351 g/mol. The van der Waals surface area contributed by atoms with Crippen molar-refractivity contribution in [3.63, 3.8) is 0 Å². The highest BCUT2D eigenvalue weighted by Gasteiger charge is 2.15. The van der Waals surface area contributed by atoms with Crippen molar-refractivity contribution in [2.75, 3.05) is 7.11 Å². The van der Waals surface area contributed by atoms with Crippen LogP contribution >= 0.6 is 0 Å². The van der Waals surface area contributed by atoms with Crippen LogP contribution in [-0.2, 0) is 0 Å². The molecule has 2 aromatic heterocycles. The van der Waals surface area contributed by atoms with Crippen molar-refractivity contribution >= 4 is 16.4 Å². The van der Waals surface area contributed by atoms with Gasteiger partial charge in [0, 0.05) is 16.5 Å². The normalized spacial score (nSPS) is 11.1. The maximum Gasteiger partial charge on any atom is 0.146 e. The van der Waals surface area contributed by atoms with Gasteiger partial charge in [0.1, 0.15) is 17.4 Å². The minimum Gasteiger partial charge on any atom is -0.497 e. The Morgan fingerprint density at radius 1 is 0.741 bits per heavy atom. The Bertz CT molecular complexity index is 1240. The topological polar surface area (TPSA) is 39.4 Å². The van der Waals surface area contributed by atoms with Gasteiger partial charge in [-0.25, -0.2) is 9.97 Å². The highest BCUT2D eigenvalue weighted by atomic mass is 16.5. The summed E-state index contributed by atoms with van der Waals surface area (Å²) >= 11 is 0. The second-order valence-electron chi connectivity index (χ2n) is 6.35. The number of fused-ring (bicyclic) bond motifs is 3. The molecule has 0 fully saturated rings. The van der Waals surface area contributed by atoms with E-state index in [1.807, 2.05) is 66.9 Å². The van der Waals surface area contributed by atoms with Gasteiger partial charge in [-0.2, -0.15) is 0 Å². The summed E-state index contributed by atoms with van der Waals surface area (Å²) in [6.07, 6.45) is 1.93. The number of para-hydroxylation sites is 1. The third-order valence-corrected chi connectivity index (χ3v) is 4.76. The van der Waals surface area contributed by atoms with E-state index in [0.29, 0.717) is 0 Å². The lowest BCUT2D eigenvalue weighted by molar-refractivity contribution is 0.415. The van der Waals surface area contributed by atoms with Crippen molar-refractivity contribution in [2.24, 2.45) is 0 Å². The quantitative estimate of drug-likeness (QED) is 0.447. The smallest absolute Gasteiger partial charge is 0.146 e. The molecule has 2 heterocycles. The van der Waals surface area contributed by atoms with Crippen LogP contribution in [0.15, 0.2) is 85.1 Å². The van der Waals surface area contributed by atoms with Crippen LogP contribution in [0.25, 0.3) is 39.2 Å². The van der Waals surface area contributed by atoms with Crippen LogP contribution in [0.2, 0.25) is 0 Å². The molecule has 0 amide bonds. The zero-order valence-electron chi connectivity index (χ0n) is 14.8. The van der Waals surface area contributed by atoms with E-state index in [1.54, 1.807) is 7.11 Å². The van der Waals surface area contributed by atoms with Gasteiger partial charge in [-0.1, -0.05) is 48.5 Å². The van der Waals surface area contributed by atoms with Crippen molar-refractivity contribution in [1.29, 1.82) is 0 Å². The molecule has 5 rings (SSSR count). The SMILES string of the molecule is COc1ccc(-c2ncc3c4ccccc4nc(-c4ccccc4)n23)cc1. The highest BCUT2D eigenvalue weighted by molar-refractivity contribution is 5.96. The number of hydrogen-bond donors (Lipinski definition) is 0. The maximum atomic E-state index is 5.29. The second kappa shape index (κ2) is 6.25. The Hall–Kier alpha value is -3.66. The van der Waals surface area contributed by atoms with Gasteiger partial charge >= 0.3 is 0 Å². The molecule has 0 aliphatic carbocycles. The van der Waals surface area contributed by atoms with Gasteiger partial charge < -0.3 is 4.74 Å². The number of ether oxygens (including phenoxy) is 1. The zero-order valence-corrected chi connectivity index (χ0v) is 14.8. The number of imidazole rings is 1. The van der Waals surface area contributed by atoms with Crippen LogP contribution in [0.4, 0.5) is 0 Å². The fourth-order valence-corrected chi connectivity index (χ4v) is 3.43. The molecule has 5 aromatic rings. The summed E-state index contributed by atoms with van der Waals surface area (Å²) in [4.78, 5) is 9.70. The molecule has 0 unspecified atom stereocenters. The summed E-state index contributed by atoms with van der Waals surface area (Å²) < 4.78 is 7.42. The lowest BCUT2D eigenvalue weighted by Crippen LogP contribution is -1.99. The molecule has 0 aliphatic heterocycles. The van der Waals surface area contributed by atoms with Crippen LogP contribution in [0, 0.1) is 0 Å². The minimum absolute atomic E-state index is 0.825. The van der Waals surface area contributed by atoms with Crippen LogP contribution in [0.1, 0.15) is 0 Å². The Labute approximate surface area is 156 Å². The Morgan fingerprint density at radius 3 is 2.22 bits per heavy atom. The molecular weight excluding hydrogens is 334 g/mol. The van der Waals surface area contributed by atoms with E-state index < -0.39 is 0 Å². The monoisotopic (exact) mass is 351 g/mol. The van der Waals surface area contributed by atoms with E-state index in [-0.39, 0.29) is 0 Å². The van der Waals surface area contributed by atoms with E-state index in [4.69, 9.17) is 14.7 Å². The number of rotatable bonds is 3. The summed E-state index contributed by atoms with van der Waals surface area (Å²) in [6, 6.07) is 26.4. The lowest BCUT2D eigenvalue weighted by atomic mass is 10.1. The molecular formula is C23H17N3O. The Kier molecular flexibility index (Phi) is 3.61. The van der Waals surface area contributed by atoms with Crippen molar-refractivity contribution in [3.05, 3.63) is 85.1 Å². The third kappa shape index (κ3) is 2.54. The standard InChI is InChI=1S/C23H17N3O/c1-27-18-13-11-17(12-14-18)22-24-15-21-19-9-5-6-10-20(19)25-23(26(21)22)16-7-3-2-4-8-16/h2-15H,1H3. The van der Waals surface area contributed by atoms with E-state index >= 15 is 0 Å². The van der Waals surface area contributed by atoms with Gasteiger partial charge in [0.2, 0.25) is 0 Å². The number of benzene rings is 3. The number of aromatic nitrogens is 3. The van der Waals surface area contributed by atoms with Gasteiger partial charge in [-0.05, 0) is 30.3 Å². The van der Waals surface area contributed by atoms with Crippen molar-refractivity contribution in [2.45, 2.75) is 0 Å². The zero-order chi connectivity index (χ0) is 18.2. The molecule has 130 valence electrons. The summed E-state index contributed by atoms with van der Waals surface area (Å²) in [5.41, 5.74) is 4.08. The van der Waals surface area contributed by atoms with Crippen LogP contribution in [-0.4, -0.2) is 21.5 Å². The molecule has 0 bridgehead atoms. The Morgan fingerprint density at radius 2 is 1.44 bits per heavy atom. The van der Waals surface area contributed by atoms with E-state index in [0.717, 1.165) is 44.9 Å². The first-order valence-electron chi connectivity index (χ1n) is 8.81. The van der Waals surface area contributed by atoms with Crippen molar-refractivity contribution in [1.82, 2.24) is 14.4 Å². The predicted molar refractivity (Wildman–Crippen MR) is 108 cm³/mol. The van der Waals surface area contributed by atoms with Crippen molar-refractivity contribution < 1.29 is 4.74 Å². The first-order valence-corrected chi connectivity index (χ1v) is 8.81. The molecule has 0 N–H and O–H groups in total. The van der Waals surface area contributed by atoms with Gasteiger partial charge in [0.15, 0.2) is 0 Å². The highest BCUT2D eigenvalue weighted by Crippen LogP contribution is 2.31. The summed E-state index contributed by atoms with van der Waals surface area (Å²) in [7, 11) is 1.67. The van der Waals surface area contributed by atoms with E-state index in [9.17, 15) is 0 Å². The number of methoxy groups -OCH3 is 1. The lowest BCUT2D eigenvalue weighted by Gasteiger charge is -2.11. The van der Waals surface area contributed by atoms with Crippen LogP contribution in [0.5, 0.6) is 5.75 Å². The minimum atomic E-state index is 0.825. The fraction of sp³-hybridized carbons (Fsp3) is 0.0435. The number of hydrogen-bond acceptors (Lipinski definition) is 3. The molecule has 0 saturated heterocycles. The van der Waals surface area contributed by atoms with Gasteiger partial charge in [-0.3, -0.25) is 4.40 Å². The average Bonchev–Trinajstić information content (AvgIpc) is 3.19. The largest absolute Gasteiger partial charge is 0.497 e. The third-order valence-electron chi connectivity index (χ3n) is 4.76. The van der Waals surface area contributed by atoms with Gasteiger partial charge in [0.05, 0.1) is 24.3 Å². The Balaban J connectivity index is 1.86. The van der Waals surface area contributed by atoms with Crippen LogP contribution < -0.4 is 4.74 Å². The summed E-state index contributed by atoms with van der Waals surface area (Å²) in [5, 5.41) is 1.09. The fourth-order valence-electron chi connectivity index (χ4n) is 3.43.